The van der Waals surface area contributed by atoms with Gasteiger partial charge in [0.25, 0.3) is 0 Å². The van der Waals surface area contributed by atoms with E-state index in [0.717, 1.165) is 60.9 Å². The average molecular weight is 454 g/mol. The maximum atomic E-state index is 12.9. The molecule has 10 heteroatoms. The minimum Gasteiger partial charge on any atom is -0.367 e. The molecule has 2 bridgehead atoms. The summed E-state index contributed by atoms with van der Waals surface area (Å²) in [5, 5.41) is 14.9. The number of anilines is 3. The Hall–Kier alpha value is -2.72. The fraction of sp³-hybridized carbons (Fsp3) is 0.500. The molecule has 1 saturated carbocycles. The molecule has 32 heavy (non-hydrogen) atoms. The van der Waals surface area contributed by atoms with Crippen molar-refractivity contribution in [2.24, 2.45) is 0 Å². The SMILES string of the molecule is Cc1cc(Nc2cc3ncccc3c(NC3C[C@H]4CC[C@@H](C3)N4S(=O)(=O)C3CC3)n2)n[nH]1. The van der Waals surface area contributed by atoms with Crippen LogP contribution in [0, 0.1) is 6.92 Å². The van der Waals surface area contributed by atoms with Gasteiger partial charge in [0, 0.05) is 47.5 Å². The monoisotopic (exact) mass is 453 g/mol. The van der Waals surface area contributed by atoms with E-state index in [-0.39, 0.29) is 23.4 Å². The fourth-order valence-corrected chi connectivity index (χ4v) is 7.55. The van der Waals surface area contributed by atoms with Gasteiger partial charge >= 0.3 is 0 Å². The van der Waals surface area contributed by atoms with E-state index in [1.165, 1.54) is 0 Å². The number of nitrogens with zero attached hydrogens (tertiary/aromatic N) is 4. The van der Waals surface area contributed by atoms with Crippen molar-refractivity contribution < 1.29 is 8.42 Å². The van der Waals surface area contributed by atoms with Gasteiger partial charge in [0.1, 0.15) is 11.6 Å². The van der Waals surface area contributed by atoms with Crippen LogP contribution in [0.4, 0.5) is 17.5 Å². The Balaban J connectivity index is 1.26. The van der Waals surface area contributed by atoms with Gasteiger partial charge in [0.05, 0.1) is 10.8 Å². The number of pyridine rings is 2. The van der Waals surface area contributed by atoms with Crippen molar-refractivity contribution in [2.75, 3.05) is 10.6 Å². The lowest BCUT2D eigenvalue weighted by atomic mass is 9.99. The van der Waals surface area contributed by atoms with E-state index in [1.54, 1.807) is 6.20 Å². The first-order chi connectivity index (χ1) is 15.5. The second-order valence-corrected chi connectivity index (χ2v) is 11.4. The van der Waals surface area contributed by atoms with E-state index < -0.39 is 10.0 Å². The lowest BCUT2D eigenvalue weighted by molar-refractivity contribution is 0.234. The van der Waals surface area contributed by atoms with Gasteiger partial charge in [-0.25, -0.2) is 13.4 Å². The first kappa shape index (κ1) is 19.9. The highest BCUT2D eigenvalue weighted by Gasteiger charge is 2.51. The highest BCUT2D eigenvalue weighted by Crippen LogP contribution is 2.43. The minimum atomic E-state index is -3.13. The molecule has 5 heterocycles. The van der Waals surface area contributed by atoms with Crippen molar-refractivity contribution in [1.82, 2.24) is 24.5 Å². The van der Waals surface area contributed by atoms with Gasteiger partial charge in [-0.3, -0.25) is 10.1 Å². The van der Waals surface area contributed by atoms with Crippen molar-refractivity contribution in [1.29, 1.82) is 0 Å². The smallest absolute Gasteiger partial charge is 0.217 e. The van der Waals surface area contributed by atoms with Gasteiger partial charge in [0.2, 0.25) is 10.0 Å². The zero-order valence-electron chi connectivity index (χ0n) is 18.0. The van der Waals surface area contributed by atoms with Crippen LogP contribution >= 0.6 is 0 Å². The second kappa shape index (κ2) is 7.41. The zero-order valence-corrected chi connectivity index (χ0v) is 18.8. The minimum absolute atomic E-state index is 0.0922. The molecule has 1 aliphatic carbocycles. The first-order valence-electron chi connectivity index (χ1n) is 11.3. The highest BCUT2D eigenvalue weighted by atomic mass is 32.2. The van der Waals surface area contributed by atoms with E-state index in [9.17, 15) is 8.42 Å². The van der Waals surface area contributed by atoms with Crippen LogP contribution in [0.15, 0.2) is 30.5 Å². The molecule has 0 radical (unpaired) electrons. The normalized spacial score (nSPS) is 25.8. The number of aromatic amines is 1. The lowest BCUT2D eigenvalue weighted by Gasteiger charge is -2.38. The lowest BCUT2D eigenvalue weighted by Crippen LogP contribution is -2.50. The van der Waals surface area contributed by atoms with E-state index in [4.69, 9.17) is 4.98 Å². The molecule has 0 amide bonds. The molecule has 3 N–H and O–H groups in total. The molecule has 3 atom stereocenters. The molecule has 3 aromatic rings. The number of aromatic nitrogens is 4. The molecular formula is C22H27N7O2S. The average Bonchev–Trinajstić information content (AvgIpc) is 3.50. The number of hydrogen-bond donors (Lipinski definition) is 3. The summed E-state index contributed by atoms with van der Waals surface area (Å²) in [6, 6.07) is 8.13. The summed E-state index contributed by atoms with van der Waals surface area (Å²) in [5.74, 6) is 2.14. The van der Waals surface area contributed by atoms with E-state index in [2.05, 4.69) is 25.8 Å². The molecule has 0 spiro atoms. The molecule has 3 aliphatic rings. The Morgan fingerprint density at radius 1 is 1.09 bits per heavy atom. The first-order valence-corrected chi connectivity index (χ1v) is 12.8. The molecule has 3 aromatic heterocycles. The van der Waals surface area contributed by atoms with Crippen molar-refractivity contribution >= 4 is 38.4 Å². The number of sulfonamides is 1. The van der Waals surface area contributed by atoms with Crippen LogP contribution in [0.2, 0.25) is 0 Å². The van der Waals surface area contributed by atoms with Crippen molar-refractivity contribution in [3.05, 3.63) is 36.2 Å². The van der Waals surface area contributed by atoms with E-state index >= 15 is 0 Å². The summed E-state index contributed by atoms with van der Waals surface area (Å²) < 4.78 is 27.7. The van der Waals surface area contributed by atoms with Crippen LogP contribution in [-0.4, -0.2) is 56.3 Å². The van der Waals surface area contributed by atoms with Crippen molar-refractivity contribution in [2.45, 2.75) is 68.8 Å². The Labute approximate surface area is 187 Å². The number of rotatable bonds is 6. The molecule has 0 aromatic carbocycles. The molecule has 6 rings (SSSR count). The van der Waals surface area contributed by atoms with Crippen LogP contribution in [0.3, 0.4) is 0 Å². The highest BCUT2D eigenvalue weighted by molar-refractivity contribution is 7.90. The summed E-state index contributed by atoms with van der Waals surface area (Å²) in [7, 11) is -3.13. The van der Waals surface area contributed by atoms with Crippen LogP contribution in [0.1, 0.15) is 44.2 Å². The Morgan fingerprint density at radius 3 is 2.56 bits per heavy atom. The zero-order chi connectivity index (χ0) is 21.9. The van der Waals surface area contributed by atoms with Gasteiger partial charge in [-0.2, -0.15) is 9.40 Å². The molecule has 168 valence electrons. The summed E-state index contributed by atoms with van der Waals surface area (Å²) in [6.45, 7) is 1.95. The topological polar surface area (TPSA) is 116 Å². The van der Waals surface area contributed by atoms with Gasteiger partial charge in [-0.1, -0.05) is 0 Å². The molecule has 1 unspecified atom stereocenters. The summed E-state index contributed by atoms with van der Waals surface area (Å²) in [5.41, 5.74) is 1.81. The number of H-pyrrole nitrogens is 1. The summed E-state index contributed by atoms with van der Waals surface area (Å²) in [6.07, 6.45) is 6.92. The number of hydrogen-bond acceptors (Lipinski definition) is 7. The van der Waals surface area contributed by atoms with Crippen LogP contribution in [0.25, 0.3) is 10.9 Å². The van der Waals surface area contributed by atoms with Crippen molar-refractivity contribution in [3.8, 4) is 0 Å². The van der Waals surface area contributed by atoms with Crippen LogP contribution in [-0.2, 0) is 10.0 Å². The standard InChI is InChI=1S/C22H27N7O2S/c1-13-9-21(28-27-13)25-20-12-19-18(3-2-8-23-19)22(26-20)24-14-10-15-4-5-16(11-14)29(15)32(30,31)17-6-7-17/h2-3,8-9,12,14-17H,4-7,10-11H2,1H3,(H3,24,25,26,27,28)/t14?,15-,16+. The summed E-state index contributed by atoms with van der Waals surface area (Å²) in [4.78, 5) is 9.35. The van der Waals surface area contributed by atoms with Gasteiger partial charge in [-0.15, -0.1) is 0 Å². The molecule has 2 saturated heterocycles. The van der Waals surface area contributed by atoms with E-state index in [0.29, 0.717) is 11.6 Å². The predicted molar refractivity (Wildman–Crippen MR) is 123 cm³/mol. The molecular weight excluding hydrogens is 426 g/mol. The number of piperidine rings is 1. The molecule has 2 aliphatic heterocycles. The van der Waals surface area contributed by atoms with Gasteiger partial charge in [-0.05, 0) is 57.6 Å². The Kier molecular flexibility index (Phi) is 4.62. The van der Waals surface area contributed by atoms with Gasteiger partial charge in [0.15, 0.2) is 5.82 Å². The Bertz CT molecular complexity index is 1260. The molecule has 9 nitrogen and oxygen atoms in total. The fourth-order valence-electron chi connectivity index (χ4n) is 5.26. The third-order valence-corrected chi connectivity index (χ3v) is 9.31. The molecule has 3 fully saturated rings. The maximum Gasteiger partial charge on any atom is 0.217 e. The van der Waals surface area contributed by atoms with Crippen LogP contribution < -0.4 is 10.6 Å². The quantitative estimate of drug-likeness (QED) is 0.524. The number of nitrogens with one attached hydrogen (secondary N) is 3. The third-order valence-electron chi connectivity index (χ3n) is 6.81. The number of fused-ring (bicyclic) bond motifs is 3. The van der Waals surface area contributed by atoms with Crippen molar-refractivity contribution in [3.63, 3.8) is 0 Å². The summed E-state index contributed by atoms with van der Waals surface area (Å²) >= 11 is 0. The van der Waals surface area contributed by atoms with Gasteiger partial charge < -0.3 is 10.6 Å². The third kappa shape index (κ3) is 3.51. The second-order valence-electron chi connectivity index (χ2n) is 9.26. The Morgan fingerprint density at radius 2 is 1.88 bits per heavy atom. The van der Waals surface area contributed by atoms with Crippen LogP contribution in [0.5, 0.6) is 0 Å². The number of aryl methyl sites for hydroxylation is 1. The van der Waals surface area contributed by atoms with E-state index in [1.807, 2.05) is 35.5 Å². The largest absolute Gasteiger partial charge is 0.367 e. The maximum absolute atomic E-state index is 12.9. The predicted octanol–water partition coefficient (Wildman–Crippen LogP) is 3.30.